The monoisotopic (exact) mass is 416 g/mol. The van der Waals surface area contributed by atoms with Crippen molar-refractivity contribution in [1.29, 1.82) is 0 Å². The highest BCUT2D eigenvalue weighted by atomic mass is 16.5. The Kier molecular flexibility index (Phi) is 6.23. The van der Waals surface area contributed by atoms with Crippen molar-refractivity contribution in [2.24, 2.45) is 0 Å². The van der Waals surface area contributed by atoms with E-state index >= 15 is 0 Å². The van der Waals surface area contributed by atoms with Gasteiger partial charge in [-0.1, -0.05) is 30.3 Å². The molecule has 0 amide bonds. The molecule has 1 heterocycles. The second kappa shape index (κ2) is 9.23. The highest BCUT2D eigenvalue weighted by Gasteiger charge is 2.15. The number of ether oxygens (including phenoxy) is 2. The lowest BCUT2D eigenvalue weighted by Gasteiger charge is -2.16. The molecule has 5 heteroatoms. The van der Waals surface area contributed by atoms with Gasteiger partial charge >= 0.3 is 0 Å². The second-order valence-electron chi connectivity index (χ2n) is 7.94. The number of para-hydroxylation sites is 2. The molecular formula is C26H28N2O3. The number of rotatable bonds is 8. The Hall–Kier alpha value is -3.31. The zero-order valence-electron chi connectivity index (χ0n) is 18.2. The maximum Gasteiger partial charge on any atom is 0.148 e. The van der Waals surface area contributed by atoms with E-state index in [0.29, 0.717) is 13.2 Å². The van der Waals surface area contributed by atoms with Gasteiger partial charge in [0.15, 0.2) is 0 Å². The number of aliphatic hydroxyl groups excluding tert-OH is 1. The number of aliphatic hydroxyl groups is 1. The first-order valence-corrected chi connectivity index (χ1v) is 10.5. The molecule has 31 heavy (non-hydrogen) atoms. The SMILES string of the molecule is Cc1cccc(OCc2nc3ccccc3n2CC(O)COc2ccc(C)c(C)c2)c1. The number of hydrogen-bond donors (Lipinski definition) is 1. The molecule has 0 saturated heterocycles. The summed E-state index contributed by atoms with van der Waals surface area (Å²) in [5.74, 6) is 2.34. The lowest BCUT2D eigenvalue weighted by atomic mass is 10.1. The van der Waals surface area contributed by atoms with Crippen molar-refractivity contribution < 1.29 is 14.6 Å². The van der Waals surface area contributed by atoms with Crippen molar-refractivity contribution in [1.82, 2.24) is 9.55 Å². The Morgan fingerprint density at radius 2 is 1.68 bits per heavy atom. The molecule has 0 bridgehead atoms. The summed E-state index contributed by atoms with van der Waals surface area (Å²) in [6, 6.07) is 21.8. The number of benzene rings is 3. The molecule has 1 unspecified atom stereocenters. The van der Waals surface area contributed by atoms with Gasteiger partial charge in [-0.05, 0) is 73.9 Å². The summed E-state index contributed by atoms with van der Waals surface area (Å²) in [6.07, 6.45) is -0.683. The Labute approximate surface area is 182 Å². The largest absolute Gasteiger partial charge is 0.491 e. The number of imidazole rings is 1. The number of hydrogen-bond acceptors (Lipinski definition) is 4. The molecule has 0 radical (unpaired) electrons. The minimum absolute atomic E-state index is 0.202. The summed E-state index contributed by atoms with van der Waals surface area (Å²) >= 11 is 0. The van der Waals surface area contributed by atoms with Crippen LogP contribution in [0.3, 0.4) is 0 Å². The van der Waals surface area contributed by atoms with Gasteiger partial charge in [-0.25, -0.2) is 4.98 Å². The number of aryl methyl sites for hydroxylation is 3. The van der Waals surface area contributed by atoms with Crippen LogP contribution in [0.25, 0.3) is 11.0 Å². The molecule has 3 aromatic carbocycles. The van der Waals surface area contributed by atoms with Gasteiger partial charge in [0.1, 0.15) is 36.6 Å². The average molecular weight is 417 g/mol. The van der Waals surface area contributed by atoms with E-state index in [1.165, 1.54) is 11.1 Å². The van der Waals surface area contributed by atoms with Gasteiger partial charge in [0.05, 0.1) is 17.6 Å². The Balaban J connectivity index is 1.48. The van der Waals surface area contributed by atoms with Gasteiger partial charge in [0, 0.05) is 0 Å². The third-order valence-corrected chi connectivity index (χ3v) is 5.41. The fourth-order valence-electron chi connectivity index (χ4n) is 3.55. The first-order chi connectivity index (χ1) is 15.0. The molecule has 4 aromatic rings. The maximum atomic E-state index is 10.7. The Morgan fingerprint density at radius 1 is 0.871 bits per heavy atom. The first-order valence-electron chi connectivity index (χ1n) is 10.5. The Bertz CT molecular complexity index is 1180. The highest BCUT2D eigenvalue weighted by Crippen LogP contribution is 2.21. The molecule has 0 aliphatic heterocycles. The molecule has 5 nitrogen and oxygen atoms in total. The van der Waals surface area contributed by atoms with Crippen LogP contribution < -0.4 is 9.47 Å². The third kappa shape index (κ3) is 5.06. The molecule has 4 rings (SSSR count). The molecule has 0 aliphatic carbocycles. The summed E-state index contributed by atoms with van der Waals surface area (Å²) in [5, 5.41) is 10.7. The quantitative estimate of drug-likeness (QED) is 0.440. The van der Waals surface area contributed by atoms with Crippen LogP contribution in [-0.2, 0) is 13.2 Å². The van der Waals surface area contributed by atoms with Crippen LogP contribution in [0.5, 0.6) is 11.5 Å². The van der Waals surface area contributed by atoms with Crippen LogP contribution in [0.1, 0.15) is 22.5 Å². The molecule has 1 aromatic heterocycles. The van der Waals surface area contributed by atoms with Crippen LogP contribution in [0.15, 0.2) is 66.7 Å². The molecule has 0 spiro atoms. The number of nitrogens with zero attached hydrogens (tertiary/aromatic N) is 2. The number of aromatic nitrogens is 2. The van der Waals surface area contributed by atoms with E-state index in [4.69, 9.17) is 14.5 Å². The zero-order chi connectivity index (χ0) is 21.8. The van der Waals surface area contributed by atoms with E-state index in [9.17, 15) is 5.11 Å². The highest BCUT2D eigenvalue weighted by molar-refractivity contribution is 5.75. The summed E-state index contributed by atoms with van der Waals surface area (Å²) in [4.78, 5) is 4.73. The molecule has 0 fully saturated rings. The summed E-state index contributed by atoms with van der Waals surface area (Å²) in [5.41, 5.74) is 5.38. The second-order valence-corrected chi connectivity index (χ2v) is 7.94. The fraction of sp³-hybridized carbons (Fsp3) is 0.269. The van der Waals surface area contributed by atoms with Crippen LogP contribution in [0.4, 0.5) is 0 Å². The van der Waals surface area contributed by atoms with E-state index in [1.54, 1.807) is 0 Å². The minimum atomic E-state index is -0.683. The van der Waals surface area contributed by atoms with Gasteiger partial charge in [-0.15, -0.1) is 0 Å². The van der Waals surface area contributed by atoms with E-state index in [-0.39, 0.29) is 6.61 Å². The predicted octanol–water partition coefficient (Wildman–Crippen LogP) is 4.98. The van der Waals surface area contributed by atoms with E-state index in [1.807, 2.05) is 78.2 Å². The van der Waals surface area contributed by atoms with E-state index in [2.05, 4.69) is 13.8 Å². The van der Waals surface area contributed by atoms with Crippen molar-refractivity contribution in [2.75, 3.05) is 6.61 Å². The standard InChI is InChI=1S/C26H28N2O3/c1-18-7-6-8-22(13-18)31-17-26-27-24-9-4-5-10-25(24)28(26)15-21(29)16-30-23-12-11-19(2)20(3)14-23/h4-14,21,29H,15-17H2,1-3H3. The van der Waals surface area contributed by atoms with Crippen molar-refractivity contribution in [3.63, 3.8) is 0 Å². The van der Waals surface area contributed by atoms with Crippen molar-refractivity contribution >= 4 is 11.0 Å². The van der Waals surface area contributed by atoms with E-state index < -0.39 is 6.10 Å². The van der Waals surface area contributed by atoms with Crippen LogP contribution in [-0.4, -0.2) is 27.4 Å². The fourth-order valence-corrected chi connectivity index (χ4v) is 3.55. The molecule has 1 atom stereocenters. The Morgan fingerprint density at radius 3 is 2.48 bits per heavy atom. The van der Waals surface area contributed by atoms with Crippen LogP contribution in [0, 0.1) is 20.8 Å². The number of fused-ring (bicyclic) bond motifs is 1. The van der Waals surface area contributed by atoms with Crippen LogP contribution >= 0.6 is 0 Å². The average Bonchev–Trinajstić information content (AvgIpc) is 3.10. The lowest BCUT2D eigenvalue weighted by Crippen LogP contribution is -2.25. The molecule has 0 aliphatic rings. The maximum absolute atomic E-state index is 10.7. The summed E-state index contributed by atoms with van der Waals surface area (Å²) in [7, 11) is 0. The van der Waals surface area contributed by atoms with Gasteiger partial charge in [-0.2, -0.15) is 0 Å². The third-order valence-electron chi connectivity index (χ3n) is 5.41. The van der Waals surface area contributed by atoms with Crippen molar-refractivity contribution in [3.05, 3.63) is 89.2 Å². The molecule has 160 valence electrons. The smallest absolute Gasteiger partial charge is 0.148 e. The zero-order valence-corrected chi connectivity index (χ0v) is 18.2. The predicted molar refractivity (Wildman–Crippen MR) is 123 cm³/mol. The molecule has 1 N–H and O–H groups in total. The van der Waals surface area contributed by atoms with Crippen molar-refractivity contribution in [2.45, 2.75) is 40.0 Å². The normalized spacial score (nSPS) is 12.1. The van der Waals surface area contributed by atoms with Crippen LogP contribution in [0.2, 0.25) is 0 Å². The molecule has 0 saturated carbocycles. The van der Waals surface area contributed by atoms with Gasteiger partial charge in [-0.3, -0.25) is 0 Å². The summed E-state index contributed by atoms with van der Waals surface area (Å²) in [6.45, 7) is 7.05. The molecular weight excluding hydrogens is 388 g/mol. The van der Waals surface area contributed by atoms with Gasteiger partial charge in [0.25, 0.3) is 0 Å². The topological polar surface area (TPSA) is 56.5 Å². The van der Waals surface area contributed by atoms with Gasteiger partial charge in [0.2, 0.25) is 0 Å². The minimum Gasteiger partial charge on any atom is -0.491 e. The van der Waals surface area contributed by atoms with Gasteiger partial charge < -0.3 is 19.1 Å². The van der Waals surface area contributed by atoms with E-state index in [0.717, 1.165) is 33.9 Å². The van der Waals surface area contributed by atoms with Crippen molar-refractivity contribution in [3.8, 4) is 11.5 Å². The summed E-state index contributed by atoms with van der Waals surface area (Å²) < 4.78 is 13.8. The lowest BCUT2D eigenvalue weighted by molar-refractivity contribution is 0.0917. The first kappa shape index (κ1) is 20.9.